The minimum atomic E-state index is -4.69. The number of hydrogen-bond donors (Lipinski definition) is 1. The number of carbonyl (C=O) groups excluding carboxylic acids is 1. The highest BCUT2D eigenvalue weighted by Gasteiger charge is 2.40. The zero-order valence-corrected chi connectivity index (χ0v) is 22.7. The van der Waals surface area contributed by atoms with Crippen molar-refractivity contribution >= 4 is 46.3 Å². The summed E-state index contributed by atoms with van der Waals surface area (Å²) in [5.74, 6) is 1.39. The highest BCUT2D eigenvalue weighted by Crippen LogP contribution is 2.38. The molecule has 210 valence electrons. The van der Waals surface area contributed by atoms with Gasteiger partial charge in [-0.2, -0.15) is 18.3 Å². The number of amides is 1. The minimum Gasteiger partial charge on any atom is -0.448 e. The van der Waals surface area contributed by atoms with Crippen LogP contribution in [0.5, 0.6) is 0 Å². The predicted molar refractivity (Wildman–Crippen MR) is 141 cm³/mol. The number of primary amides is 1. The molecule has 2 aliphatic heterocycles. The first kappa shape index (κ1) is 27.7. The lowest BCUT2D eigenvalue weighted by molar-refractivity contribution is -0.140. The van der Waals surface area contributed by atoms with E-state index < -0.39 is 24.0 Å². The van der Waals surface area contributed by atoms with E-state index in [0.717, 1.165) is 39.0 Å². The number of anilines is 1. The van der Waals surface area contributed by atoms with E-state index in [1.807, 2.05) is 4.90 Å². The van der Waals surface area contributed by atoms with Crippen LogP contribution in [0.1, 0.15) is 37.1 Å². The third-order valence-electron chi connectivity index (χ3n) is 7.53. The van der Waals surface area contributed by atoms with E-state index in [2.05, 4.69) is 20.0 Å². The molecule has 5 rings (SSSR count). The Morgan fingerprint density at radius 3 is 2.69 bits per heavy atom. The molecular formula is C25H28Cl2F3N7O2. The van der Waals surface area contributed by atoms with Gasteiger partial charge in [0.2, 0.25) is 0 Å². The number of likely N-dealkylation sites (tertiary alicyclic amines) is 1. The molecule has 1 amide bonds. The second-order valence-electron chi connectivity index (χ2n) is 10.1. The van der Waals surface area contributed by atoms with Crippen LogP contribution in [0.25, 0.3) is 11.2 Å². The van der Waals surface area contributed by atoms with Gasteiger partial charge in [-0.3, -0.25) is 4.90 Å². The number of benzene rings is 1. The van der Waals surface area contributed by atoms with Crippen LogP contribution < -0.4 is 10.6 Å². The Balaban J connectivity index is 1.34. The number of fused-ring (bicyclic) bond motifs is 1. The third kappa shape index (κ3) is 5.87. The Hall–Kier alpha value is -2.83. The normalized spacial score (nSPS) is 19.7. The second-order valence-corrected chi connectivity index (χ2v) is 10.9. The quantitative estimate of drug-likeness (QED) is 0.416. The first-order chi connectivity index (χ1) is 18.5. The molecule has 1 aromatic carbocycles. The molecule has 0 bridgehead atoms. The number of ether oxygens (including phenoxy) is 1. The van der Waals surface area contributed by atoms with Gasteiger partial charge >= 0.3 is 12.3 Å². The molecule has 0 spiro atoms. The third-order valence-corrected chi connectivity index (χ3v) is 8.10. The second kappa shape index (κ2) is 11.0. The molecule has 0 radical (unpaired) electrons. The van der Waals surface area contributed by atoms with Crippen LogP contribution in [-0.4, -0.2) is 70.1 Å². The van der Waals surface area contributed by atoms with Crippen LogP contribution in [-0.2, 0) is 10.9 Å². The maximum absolute atomic E-state index is 13.8. The van der Waals surface area contributed by atoms with Crippen molar-refractivity contribution in [1.82, 2.24) is 24.6 Å². The van der Waals surface area contributed by atoms with Gasteiger partial charge in [0, 0.05) is 36.2 Å². The topological polar surface area (TPSA) is 102 Å². The summed E-state index contributed by atoms with van der Waals surface area (Å²) in [6.45, 7) is 5.91. The molecule has 9 nitrogen and oxygen atoms in total. The molecular weight excluding hydrogens is 558 g/mol. The number of carbonyl (C=O) groups is 1. The van der Waals surface area contributed by atoms with Crippen LogP contribution in [0.4, 0.5) is 23.8 Å². The lowest BCUT2D eigenvalue weighted by Crippen LogP contribution is -2.54. The zero-order valence-electron chi connectivity index (χ0n) is 21.2. The highest BCUT2D eigenvalue weighted by molar-refractivity contribution is 6.35. The fourth-order valence-corrected chi connectivity index (χ4v) is 6.00. The van der Waals surface area contributed by atoms with Gasteiger partial charge in [-0.05, 0) is 55.8 Å². The van der Waals surface area contributed by atoms with E-state index in [1.54, 1.807) is 25.1 Å². The average molecular weight is 586 g/mol. The van der Waals surface area contributed by atoms with Gasteiger partial charge < -0.3 is 15.4 Å². The molecule has 0 aliphatic carbocycles. The Labute approximate surface area is 233 Å². The summed E-state index contributed by atoms with van der Waals surface area (Å²) in [4.78, 5) is 23.9. The molecule has 2 aliphatic rings. The molecule has 2 fully saturated rings. The van der Waals surface area contributed by atoms with Gasteiger partial charge in [-0.1, -0.05) is 29.3 Å². The van der Waals surface area contributed by atoms with Crippen molar-refractivity contribution in [3.63, 3.8) is 0 Å². The average Bonchev–Trinajstić information content (AvgIpc) is 3.22. The van der Waals surface area contributed by atoms with Crippen molar-refractivity contribution < 1.29 is 22.7 Å². The van der Waals surface area contributed by atoms with E-state index in [1.165, 1.54) is 10.9 Å². The number of rotatable bonds is 7. The minimum absolute atomic E-state index is 0.0417. The summed E-state index contributed by atoms with van der Waals surface area (Å²) in [6.07, 6.45) is -1.94. The van der Waals surface area contributed by atoms with E-state index in [4.69, 9.17) is 33.7 Å². The van der Waals surface area contributed by atoms with Crippen molar-refractivity contribution in [2.45, 2.75) is 32.0 Å². The molecule has 2 saturated heterocycles. The number of aromatic nitrogens is 4. The monoisotopic (exact) mass is 585 g/mol. The van der Waals surface area contributed by atoms with E-state index >= 15 is 0 Å². The smallest absolute Gasteiger partial charge is 0.437 e. The highest BCUT2D eigenvalue weighted by atomic mass is 35.5. The fourth-order valence-electron chi connectivity index (χ4n) is 5.44. The van der Waals surface area contributed by atoms with Gasteiger partial charge in [0.15, 0.2) is 11.3 Å². The van der Waals surface area contributed by atoms with Crippen LogP contribution in [0.15, 0.2) is 24.4 Å². The predicted octanol–water partition coefficient (Wildman–Crippen LogP) is 5.00. The number of hydrogen-bond acceptors (Lipinski definition) is 7. The van der Waals surface area contributed by atoms with Crippen LogP contribution in [0, 0.1) is 11.8 Å². The lowest BCUT2D eigenvalue weighted by atomic mass is 9.80. The SMILES string of the molecule is CC(c1ccc(Cl)cc1Cl)n1nc(C(F)(F)F)c2ncc(N3CC([C@@H]4CCCN(CCOC(N)=O)C4)C3)nc21. The summed E-state index contributed by atoms with van der Waals surface area (Å²) < 4.78 is 47.6. The van der Waals surface area contributed by atoms with Gasteiger partial charge in [0.25, 0.3) is 0 Å². The number of nitrogens with zero attached hydrogens (tertiary/aromatic N) is 6. The standard InChI is InChI=1S/C25H28Cl2F3N7O2/c1-14(18-5-4-17(26)9-19(18)27)37-23-21(22(34-37)25(28,29)30)32-10-20(33-23)36-12-16(13-36)15-3-2-6-35(11-15)7-8-39-24(31)38/h4-5,9-10,14-16H,2-3,6-8,11-13H2,1H3,(H2,31,38)/t14?,15-/m1/s1. The first-order valence-electron chi connectivity index (χ1n) is 12.7. The Morgan fingerprint density at radius 2 is 2.00 bits per heavy atom. The number of piperidine rings is 1. The van der Waals surface area contributed by atoms with Gasteiger partial charge in [0.05, 0.1) is 12.2 Å². The van der Waals surface area contributed by atoms with Crippen molar-refractivity contribution in [2.24, 2.45) is 17.6 Å². The Kier molecular flexibility index (Phi) is 7.80. The molecule has 2 aromatic heterocycles. The maximum Gasteiger partial charge on any atom is 0.437 e. The van der Waals surface area contributed by atoms with Crippen molar-refractivity contribution in [3.05, 3.63) is 45.7 Å². The van der Waals surface area contributed by atoms with Crippen molar-refractivity contribution in [2.75, 3.05) is 44.2 Å². The maximum atomic E-state index is 13.8. The Bertz CT molecular complexity index is 1360. The molecule has 39 heavy (non-hydrogen) atoms. The molecule has 1 unspecified atom stereocenters. The summed E-state index contributed by atoms with van der Waals surface area (Å²) in [7, 11) is 0. The van der Waals surface area contributed by atoms with Crippen LogP contribution in [0.2, 0.25) is 10.0 Å². The molecule has 2 N–H and O–H groups in total. The van der Waals surface area contributed by atoms with Gasteiger partial charge in [0.1, 0.15) is 17.9 Å². The molecule has 4 heterocycles. The zero-order chi connectivity index (χ0) is 27.9. The van der Waals surface area contributed by atoms with Crippen LogP contribution >= 0.6 is 23.2 Å². The van der Waals surface area contributed by atoms with Crippen LogP contribution in [0.3, 0.4) is 0 Å². The fraction of sp³-hybridized carbons (Fsp3) is 0.520. The van der Waals surface area contributed by atoms with Crippen molar-refractivity contribution in [1.29, 1.82) is 0 Å². The largest absolute Gasteiger partial charge is 0.448 e. The van der Waals surface area contributed by atoms with Crippen molar-refractivity contribution in [3.8, 4) is 0 Å². The molecule has 0 saturated carbocycles. The molecule has 3 aromatic rings. The number of nitrogens with two attached hydrogens (primary N) is 1. The van der Waals surface area contributed by atoms with Gasteiger partial charge in [-0.25, -0.2) is 19.4 Å². The van der Waals surface area contributed by atoms with E-state index in [-0.39, 0.29) is 17.8 Å². The van der Waals surface area contributed by atoms with E-state index in [9.17, 15) is 18.0 Å². The van der Waals surface area contributed by atoms with Gasteiger partial charge in [-0.15, -0.1) is 0 Å². The summed E-state index contributed by atoms with van der Waals surface area (Å²) in [5, 5.41) is 4.64. The summed E-state index contributed by atoms with van der Waals surface area (Å²) in [5.41, 5.74) is 4.26. The Morgan fingerprint density at radius 1 is 1.23 bits per heavy atom. The summed E-state index contributed by atoms with van der Waals surface area (Å²) in [6, 6.07) is 4.19. The summed E-state index contributed by atoms with van der Waals surface area (Å²) >= 11 is 12.4. The molecule has 14 heteroatoms. The van der Waals surface area contributed by atoms with E-state index in [0.29, 0.717) is 39.8 Å². The number of alkyl halides is 3. The first-order valence-corrected chi connectivity index (χ1v) is 13.4. The number of halogens is 5. The lowest BCUT2D eigenvalue weighted by Gasteiger charge is -2.47. The molecule has 2 atom stereocenters.